The van der Waals surface area contributed by atoms with Crippen molar-refractivity contribution in [3.05, 3.63) is 105 Å². The van der Waals surface area contributed by atoms with E-state index in [1.165, 1.54) is 16.7 Å². The van der Waals surface area contributed by atoms with Crippen molar-refractivity contribution in [2.75, 3.05) is 10.2 Å². The number of hydrogen-bond acceptors (Lipinski definition) is 4. The molecule has 3 aromatic carbocycles. The molecule has 35 heavy (non-hydrogen) atoms. The largest absolute Gasteiger partial charge is 0.321 e. The minimum Gasteiger partial charge on any atom is -0.321 e. The van der Waals surface area contributed by atoms with Crippen molar-refractivity contribution in [2.24, 2.45) is 0 Å². The molecule has 0 bridgehead atoms. The van der Waals surface area contributed by atoms with Crippen LogP contribution in [0.2, 0.25) is 5.02 Å². The number of halogens is 1. The number of carbonyl (C=O) groups is 2. The molecule has 4 rings (SSSR count). The number of hydrogen-bond donors (Lipinski definition) is 1. The van der Waals surface area contributed by atoms with Crippen LogP contribution in [0.1, 0.15) is 23.6 Å². The number of thioether (sulfide) groups is 1. The normalized spacial score (nSPS) is 16.7. The number of rotatable bonds is 6. The quantitative estimate of drug-likeness (QED) is 0.319. The van der Waals surface area contributed by atoms with Crippen LogP contribution in [0.15, 0.2) is 83.4 Å². The Bertz CT molecular complexity index is 1330. The van der Waals surface area contributed by atoms with E-state index in [-0.39, 0.29) is 11.5 Å². The zero-order valence-electron chi connectivity index (χ0n) is 19.4. The molecule has 1 aliphatic rings. The minimum absolute atomic E-state index is 0.0999. The molecule has 1 heterocycles. The summed E-state index contributed by atoms with van der Waals surface area (Å²) in [5.74, 6) is -0.727. The molecule has 176 valence electrons. The lowest BCUT2D eigenvalue weighted by atomic mass is 10.1. The molecular formula is C28H24ClN3O2S. The Morgan fingerprint density at radius 2 is 1.80 bits per heavy atom. The van der Waals surface area contributed by atoms with Gasteiger partial charge in [-0.05, 0) is 67.3 Å². The molecule has 0 saturated carbocycles. The molecule has 7 heteroatoms. The van der Waals surface area contributed by atoms with E-state index in [9.17, 15) is 14.9 Å². The average molecular weight is 502 g/mol. The second-order valence-corrected chi connectivity index (χ2v) is 9.87. The molecule has 1 N–H and O–H groups in total. The smallest absolute Gasteiger partial charge is 0.269 e. The first-order valence-electron chi connectivity index (χ1n) is 11.3. The molecule has 1 saturated heterocycles. The van der Waals surface area contributed by atoms with Crippen molar-refractivity contribution in [1.29, 1.82) is 5.26 Å². The van der Waals surface area contributed by atoms with Crippen LogP contribution in [0.3, 0.4) is 0 Å². The van der Waals surface area contributed by atoms with Gasteiger partial charge in [-0.3, -0.25) is 14.5 Å². The van der Waals surface area contributed by atoms with Crippen LogP contribution >= 0.6 is 23.4 Å². The van der Waals surface area contributed by atoms with E-state index in [1.807, 2.05) is 67.6 Å². The molecular weight excluding hydrogens is 478 g/mol. The zero-order chi connectivity index (χ0) is 24.9. The summed E-state index contributed by atoms with van der Waals surface area (Å²) in [4.78, 5) is 28.2. The monoisotopic (exact) mass is 501 g/mol. The van der Waals surface area contributed by atoms with Crippen LogP contribution in [0.4, 0.5) is 11.4 Å². The van der Waals surface area contributed by atoms with Gasteiger partial charge >= 0.3 is 0 Å². The highest BCUT2D eigenvalue weighted by atomic mass is 35.5. The average Bonchev–Trinajstić information content (AvgIpc) is 3.16. The molecule has 1 atom stereocenters. The van der Waals surface area contributed by atoms with Crippen LogP contribution in [-0.2, 0) is 22.4 Å². The SMILES string of the molecule is CCc1ccc(N2C(=O)C(Cc3cccc(Cl)c3)S/C2=C(/C#N)C(=O)Nc2ccc(C)cc2)cc1. The van der Waals surface area contributed by atoms with Gasteiger partial charge < -0.3 is 5.32 Å². The summed E-state index contributed by atoms with van der Waals surface area (Å²) >= 11 is 7.38. The third-order valence-corrected chi connectivity index (χ3v) is 7.23. The van der Waals surface area contributed by atoms with Gasteiger partial charge in [0.05, 0.1) is 5.25 Å². The van der Waals surface area contributed by atoms with Crippen LogP contribution in [0, 0.1) is 18.3 Å². The zero-order valence-corrected chi connectivity index (χ0v) is 21.0. The highest BCUT2D eigenvalue weighted by Gasteiger charge is 2.40. The van der Waals surface area contributed by atoms with E-state index < -0.39 is 11.2 Å². The lowest BCUT2D eigenvalue weighted by Gasteiger charge is -2.19. The summed E-state index contributed by atoms with van der Waals surface area (Å²) in [6.45, 7) is 4.01. The first-order valence-corrected chi connectivity index (χ1v) is 12.5. The number of anilines is 2. The number of carbonyl (C=O) groups excluding carboxylic acids is 2. The van der Waals surface area contributed by atoms with Crippen LogP contribution in [0.25, 0.3) is 0 Å². The minimum atomic E-state index is -0.551. The van der Waals surface area contributed by atoms with Crippen molar-refractivity contribution in [3.8, 4) is 6.07 Å². The van der Waals surface area contributed by atoms with E-state index in [0.717, 1.165) is 23.1 Å². The van der Waals surface area contributed by atoms with Gasteiger partial charge in [-0.15, -0.1) is 0 Å². The third kappa shape index (κ3) is 5.59. The van der Waals surface area contributed by atoms with Crippen LogP contribution in [-0.4, -0.2) is 17.1 Å². The fraction of sp³-hybridized carbons (Fsp3) is 0.179. The maximum Gasteiger partial charge on any atom is 0.269 e. The van der Waals surface area contributed by atoms with Crippen molar-refractivity contribution < 1.29 is 9.59 Å². The number of benzene rings is 3. The lowest BCUT2D eigenvalue weighted by molar-refractivity contribution is -0.117. The summed E-state index contributed by atoms with van der Waals surface area (Å²) in [6, 6.07) is 24.3. The van der Waals surface area contributed by atoms with Crippen LogP contribution in [0.5, 0.6) is 0 Å². The Labute approximate surface area is 214 Å². The van der Waals surface area contributed by atoms with Gasteiger partial charge in [0.1, 0.15) is 16.7 Å². The predicted octanol–water partition coefficient (Wildman–Crippen LogP) is 6.28. The van der Waals surface area contributed by atoms with Gasteiger partial charge in [0.15, 0.2) is 0 Å². The summed E-state index contributed by atoms with van der Waals surface area (Å²) in [5.41, 5.74) is 4.21. The molecule has 0 spiro atoms. The summed E-state index contributed by atoms with van der Waals surface area (Å²) in [6.07, 6.45) is 1.29. The fourth-order valence-corrected chi connectivity index (χ4v) is 5.33. The van der Waals surface area contributed by atoms with Gasteiger partial charge in [-0.1, -0.05) is 72.2 Å². The summed E-state index contributed by atoms with van der Waals surface area (Å²) in [5, 5.41) is 13.2. The van der Waals surface area contributed by atoms with Crippen molar-refractivity contribution >= 4 is 46.6 Å². The number of nitriles is 1. The second-order valence-electron chi connectivity index (χ2n) is 8.25. The summed E-state index contributed by atoms with van der Waals surface area (Å²) in [7, 11) is 0. The Hall–Kier alpha value is -3.53. The molecule has 5 nitrogen and oxygen atoms in total. The highest BCUT2D eigenvalue weighted by molar-refractivity contribution is 8.05. The van der Waals surface area contributed by atoms with Crippen molar-refractivity contribution in [1.82, 2.24) is 0 Å². The molecule has 0 aliphatic carbocycles. The molecule has 0 aromatic heterocycles. The second kappa shape index (κ2) is 10.8. The van der Waals surface area contributed by atoms with E-state index in [4.69, 9.17) is 11.6 Å². The molecule has 2 amide bonds. The molecule has 0 radical (unpaired) electrons. The summed E-state index contributed by atoms with van der Waals surface area (Å²) < 4.78 is 0. The van der Waals surface area contributed by atoms with Crippen molar-refractivity contribution in [3.63, 3.8) is 0 Å². The van der Waals surface area contributed by atoms with Gasteiger partial charge in [0.25, 0.3) is 5.91 Å². The van der Waals surface area contributed by atoms with E-state index in [0.29, 0.717) is 27.8 Å². The molecule has 3 aromatic rings. The lowest BCUT2D eigenvalue weighted by Crippen LogP contribution is -2.31. The first-order chi connectivity index (χ1) is 16.9. The fourth-order valence-electron chi connectivity index (χ4n) is 3.81. The topological polar surface area (TPSA) is 73.2 Å². The van der Waals surface area contributed by atoms with Gasteiger partial charge in [-0.25, -0.2) is 0 Å². The van der Waals surface area contributed by atoms with Crippen molar-refractivity contribution in [2.45, 2.75) is 31.9 Å². The van der Waals surface area contributed by atoms with Gasteiger partial charge in [-0.2, -0.15) is 5.26 Å². The first kappa shape index (κ1) is 24.6. The molecule has 1 fully saturated rings. The number of amides is 2. The van der Waals surface area contributed by atoms with E-state index in [1.54, 1.807) is 18.2 Å². The maximum atomic E-state index is 13.6. The Kier molecular flexibility index (Phi) is 7.60. The number of nitrogens with zero attached hydrogens (tertiary/aromatic N) is 2. The maximum absolute atomic E-state index is 13.6. The highest BCUT2D eigenvalue weighted by Crippen LogP contribution is 2.42. The third-order valence-electron chi connectivity index (χ3n) is 5.73. The van der Waals surface area contributed by atoms with Gasteiger partial charge in [0.2, 0.25) is 5.91 Å². The Morgan fingerprint density at radius 3 is 2.43 bits per heavy atom. The van der Waals surface area contributed by atoms with E-state index >= 15 is 0 Å². The molecule has 1 unspecified atom stereocenters. The van der Waals surface area contributed by atoms with Crippen LogP contribution < -0.4 is 10.2 Å². The standard InChI is InChI=1S/C28H24ClN3O2S/c1-3-19-9-13-23(14-10-19)32-27(34)25(16-20-5-4-6-21(29)15-20)35-28(32)24(17-30)26(33)31-22-11-7-18(2)8-12-22/h4-15,25H,3,16H2,1-2H3,(H,31,33)/b28-24-. The number of nitrogens with one attached hydrogen (secondary N) is 1. The Morgan fingerprint density at radius 1 is 1.09 bits per heavy atom. The predicted molar refractivity (Wildman–Crippen MR) is 142 cm³/mol. The Balaban J connectivity index is 1.72. The molecule has 1 aliphatic heterocycles. The van der Waals surface area contributed by atoms with E-state index in [2.05, 4.69) is 12.2 Å². The van der Waals surface area contributed by atoms with Gasteiger partial charge in [0, 0.05) is 16.4 Å². The number of aryl methyl sites for hydroxylation is 2.